The number of carbonyl (C=O) groups is 2. The van der Waals surface area contributed by atoms with Gasteiger partial charge in [-0.1, -0.05) is 72.3 Å². The first-order valence-electron chi connectivity index (χ1n) is 10.6. The second-order valence-corrected chi connectivity index (χ2v) is 8.40. The van der Waals surface area contributed by atoms with Gasteiger partial charge in [-0.05, 0) is 23.8 Å². The van der Waals surface area contributed by atoms with Gasteiger partial charge in [-0.15, -0.1) is 0 Å². The Kier molecular flexibility index (Phi) is 7.33. The first-order valence-corrected chi connectivity index (χ1v) is 11.4. The number of benzene rings is 3. The summed E-state index contributed by atoms with van der Waals surface area (Å²) < 4.78 is 10.8. The van der Waals surface area contributed by atoms with Gasteiger partial charge in [-0.25, -0.2) is 4.79 Å². The maximum Gasteiger partial charge on any atom is 0.341 e. The molecule has 0 amide bonds. The van der Waals surface area contributed by atoms with Gasteiger partial charge in [0.2, 0.25) is 0 Å². The number of Topliss-reactive ketones (excluding diaryl/α,β-unsaturated/α-hetero) is 1. The molecule has 0 saturated heterocycles. The van der Waals surface area contributed by atoms with Crippen molar-refractivity contribution >= 4 is 46.4 Å². The van der Waals surface area contributed by atoms with E-state index in [9.17, 15) is 9.59 Å². The standard InChI is InChI=1S/C26H21ClN2O5S/c1-33-19-12-17(18(27)13-20(19)34-14-21(30)31)24-22(25(32)16-10-6-3-7-11-16)23(28-26(35)29-24)15-8-4-2-5-9-15/h2-13,24H,14H2,1H3,(H,30,31)(H2,28,29,35). The molecule has 0 fully saturated rings. The Bertz CT molecular complexity index is 1310. The van der Waals surface area contributed by atoms with Crippen LogP contribution in [0.4, 0.5) is 0 Å². The van der Waals surface area contributed by atoms with Gasteiger partial charge in [0.25, 0.3) is 0 Å². The Morgan fingerprint density at radius 1 is 1.03 bits per heavy atom. The molecule has 1 heterocycles. The fourth-order valence-corrected chi connectivity index (χ4v) is 4.29. The second kappa shape index (κ2) is 10.6. The van der Waals surface area contributed by atoms with E-state index in [4.69, 9.17) is 38.4 Å². The molecular formula is C26H21ClN2O5S. The van der Waals surface area contributed by atoms with Crippen molar-refractivity contribution < 1.29 is 24.2 Å². The van der Waals surface area contributed by atoms with E-state index in [1.54, 1.807) is 30.3 Å². The Balaban J connectivity index is 1.90. The molecule has 178 valence electrons. The maximum absolute atomic E-state index is 13.8. The van der Waals surface area contributed by atoms with Crippen LogP contribution in [-0.4, -0.2) is 35.7 Å². The van der Waals surface area contributed by atoms with Crippen molar-refractivity contribution in [3.05, 3.63) is 100 Å². The highest BCUT2D eigenvalue weighted by Crippen LogP contribution is 2.41. The predicted molar refractivity (Wildman–Crippen MR) is 137 cm³/mol. The van der Waals surface area contributed by atoms with E-state index in [1.807, 2.05) is 36.4 Å². The number of halogens is 1. The van der Waals surface area contributed by atoms with Crippen LogP contribution in [0.2, 0.25) is 5.02 Å². The van der Waals surface area contributed by atoms with Crippen molar-refractivity contribution in [3.8, 4) is 11.5 Å². The minimum Gasteiger partial charge on any atom is -0.493 e. The van der Waals surface area contributed by atoms with Gasteiger partial charge in [-0.2, -0.15) is 0 Å². The van der Waals surface area contributed by atoms with E-state index in [1.165, 1.54) is 13.2 Å². The molecular weight excluding hydrogens is 488 g/mol. The van der Waals surface area contributed by atoms with Gasteiger partial charge in [-0.3, -0.25) is 4.79 Å². The van der Waals surface area contributed by atoms with Crippen LogP contribution in [0.3, 0.4) is 0 Å². The Labute approximate surface area is 212 Å². The van der Waals surface area contributed by atoms with Gasteiger partial charge >= 0.3 is 5.97 Å². The molecule has 0 aliphatic carbocycles. The number of ketones is 1. The molecule has 1 unspecified atom stereocenters. The average Bonchev–Trinajstić information content (AvgIpc) is 2.87. The largest absolute Gasteiger partial charge is 0.493 e. The summed E-state index contributed by atoms with van der Waals surface area (Å²) in [5, 5.41) is 15.8. The number of methoxy groups -OCH3 is 1. The monoisotopic (exact) mass is 508 g/mol. The summed E-state index contributed by atoms with van der Waals surface area (Å²) in [5.74, 6) is -0.907. The molecule has 3 aromatic carbocycles. The molecule has 0 aromatic heterocycles. The number of ether oxygens (including phenoxy) is 2. The zero-order valence-electron chi connectivity index (χ0n) is 18.6. The SMILES string of the molecule is COc1cc(C2NC(=S)NC(c3ccccc3)=C2C(=O)c2ccccc2)c(Cl)cc1OCC(=O)O. The first kappa shape index (κ1) is 24.3. The van der Waals surface area contributed by atoms with E-state index >= 15 is 0 Å². The van der Waals surface area contributed by atoms with Crippen LogP contribution >= 0.6 is 23.8 Å². The third-order valence-corrected chi connectivity index (χ3v) is 5.91. The molecule has 0 radical (unpaired) electrons. The molecule has 1 aliphatic heterocycles. The van der Waals surface area contributed by atoms with Crippen molar-refractivity contribution in [1.82, 2.24) is 10.6 Å². The minimum absolute atomic E-state index is 0.170. The number of carbonyl (C=O) groups excluding carboxylic acids is 1. The van der Waals surface area contributed by atoms with Crippen molar-refractivity contribution in [1.29, 1.82) is 0 Å². The maximum atomic E-state index is 13.8. The van der Waals surface area contributed by atoms with Gasteiger partial charge in [0.1, 0.15) is 0 Å². The molecule has 4 rings (SSSR count). The average molecular weight is 509 g/mol. The quantitative estimate of drug-likeness (QED) is 0.299. The Morgan fingerprint density at radius 2 is 1.69 bits per heavy atom. The molecule has 9 heteroatoms. The lowest BCUT2D eigenvalue weighted by Crippen LogP contribution is -2.45. The summed E-state index contributed by atoms with van der Waals surface area (Å²) in [7, 11) is 1.43. The Morgan fingerprint density at radius 3 is 2.31 bits per heavy atom. The molecule has 1 atom stereocenters. The molecule has 7 nitrogen and oxygen atoms in total. The van der Waals surface area contributed by atoms with E-state index in [2.05, 4.69) is 10.6 Å². The number of hydrogen-bond donors (Lipinski definition) is 3. The third kappa shape index (κ3) is 5.29. The number of carboxylic acid groups (broad SMARTS) is 1. The summed E-state index contributed by atoms with van der Waals surface area (Å²) in [6.45, 7) is -0.558. The van der Waals surface area contributed by atoms with Crippen LogP contribution in [0, 0.1) is 0 Å². The molecule has 0 saturated carbocycles. The highest BCUT2D eigenvalue weighted by Gasteiger charge is 2.34. The normalized spacial score (nSPS) is 15.1. The van der Waals surface area contributed by atoms with Gasteiger partial charge in [0.05, 0.1) is 29.4 Å². The molecule has 0 spiro atoms. The fraction of sp³-hybridized carbons (Fsp3) is 0.115. The molecule has 3 aromatic rings. The summed E-state index contributed by atoms with van der Waals surface area (Å²) >= 11 is 12.1. The zero-order valence-corrected chi connectivity index (χ0v) is 20.2. The van der Waals surface area contributed by atoms with Gasteiger partial charge < -0.3 is 25.2 Å². The van der Waals surface area contributed by atoms with Crippen molar-refractivity contribution in [2.45, 2.75) is 6.04 Å². The van der Waals surface area contributed by atoms with Crippen molar-refractivity contribution in [2.75, 3.05) is 13.7 Å². The molecule has 3 N–H and O–H groups in total. The van der Waals surface area contributed by atoms with Crippen LogP contribution in [0.5, 0.6) is 11.5 Å². The lowest BCUT2D eigenvalue weighted by molar-refractivity contribution is -0.139. The van der Waals surface area contributed by atoms with Crippen LogP contribution < -0.4 is 20.1 Å². The molecule has 35 heavy (non-hydrogen) atoms. The van der Waals surface area contributed by atoms with Gasteiger partial charge in [0, 0.05) is 17.2 Å². The number of nitrogens with one attached hydrogen (secondary N) is 2. The van der Waals surface area contributed by atoms with Crippen LogP contribution in [0.1, 0.15) is 27.5 Å². The number of thiocarbonyl (C=S) groups is 1. The lowest BCUT2D eigenvalue weighted by atomic mass is 9.87. The smallest absolute Gasteiger partial charge is 0.341 e. The first-order chi connectivity index (χ1) is 16.9. The summed E-state index contributed by atoms with van der Waals surface area (Å²) in [6.07, 6.45) is 0. The fourth-order valence-electron chi connectivity index (χ4n) is 3.80. The summed E-state index contributed by atoms with van der Waals surface area (Å²) in [6, 6.07) is 20.7. The predicted octanol–water partition coefficient (Wildman–Crippen LogP) is 4.63. The third-order valence-electron chi connectivity index (χ3n) is 5.36. The number of rotatable bonds is 8. The Hall–Kier alpha value is -3.88. The van der Waals surface area contributed by atoms with Crippen LogP contribution in [0.15, 0.2) is 78.4 Å². The highest BCUT2D eigenvalue weighted by atomic mass is 35.5. The zero-order chi connectivity index (χ0) is 24.9. The van der Waals surface area contributed by atoms with Crippen LogP contribution in [0.25, 0.3) is 5.70 Å². The van der Waals surface area contributed by atoms with Gasteiger partial charge in [0.15, 0.2) is 29.0 Å². The number of carboxylic acids is 1. The van der Waals surface area contributed by atoms with Crippen LogP contribution in [-0.2, 0) is 4.79 Å². The molecule has 0 bridgehead atoms. The van der Waals surface area contributed by atoms with Crippen molar-refractivity contribution in [3.63, 3.8) is 0 Å². The highest BCUT2D eigenvalue weighted by molar-refractivity contribution is 7.80. The second-order valence-electron chi connectivity index (χ2n) is 7.59. The topological polar surface area (TPSA) is 96.9 Å². The van der Waals surface area contributed by atoms with E-state index in [0.29, 0.717) is 27.5 Å². The molecule has 1 aliphatic rings. The van der Waals surface area contributed by atoms with E-state index in [0.717, 1.165) is 5.56 Å². The van der Waals surface area contributed by atoms with E-state index < -0.39 is 18.6 Å². The number of aliphatic carboxylic acids is 1. The summed E-state index contributed by atoms with van der Waals surface area (Å²) in [4.78, 5) is 24.8. The lowest BCUT2D eigenvalue weighted by Gasteiger charge is -2.32. The minimum atomic E-state index is -1.14. The number of hydrogen-bond acceptors (Lipinski definition) is 5. The van der Waals surface area contributed by atoms with E-state index in [-0.39, 0.29) is 22.3 Å². The summed E-state index contributed by atoms with van der Waals surface area (Å²) in [5.41, 5.74) is 2.78. The van der Waals surface area contributed by atoms with Crippen molar-refractivity contribution in [2.24, 2.45) is 0 Å².